The Morgan fingerprint density at radius 3 is 2.91 bits per heavy atom. The number of esters is 1. The van der Waals surface area contributed by atoms with E-state index in [-0.39, 0.29) is 23.9 Å². The summed E-state index contributed by atoms with van der Waals surface area (Å²) in [6.07, 6.45) is 4.03. The number of hydrogen-bond donors (Lipinski definition) is 1. The molecule has 5 rings (SSSR count). The number of ether oxygens (including phenoxy) is 1. The van der Waals surface area contributed by atoms with Crippen molar-refractivity contribution in [1.82, 2.24) is 19.4 Å². The van der Waals surface area contributed by atoms with Crippen molar-refractivity contribution in [3.05, 3.63) is 65.1 Å². The number of likely N-dealkylation sites (tertiary alicyclic amines) is 1. The summed E-state index contributed by atoms with van der Waals surface area (Å²) in [5, 5.41) is 3.88. The second kappa shape index (κ2) is 7.92. The summed E-state index contributed by atoms with van der Waals surface area (Å²) in [5.41, 5.74) is 1.94. The van der Waals surface area contributed by atoms with Crippen molar-refractivity contribution in [2.45, 2.75) is 19.4 Å². The van der Waals surface area contributed by atoms with Gasteiger partial charge in [0.25, 0.3) is 5.56 Å². The minimum absolute atomic E-state index is 0.0617. The number of carbonyl (C=O) groups is 2. The van der Waals surface area contributed by atoms with Crippen molar-refractivity contribution in [1.29, 1.82) is 0 Å². The topological polar surface area (TPSA) is 106 Å². The SMILES string of the molecule is C=CC(=O)N1CC(CCn2c(=O)ccc3cnc(Nc4ccc5c(c4)OC(=O)C5)nc32)C1. The number of hydrogen-bond acceptors (Lipinski definition) is 7. The fraction of sp³-hybridized carbons (Fsp3) is 0.261. The maximum absolute atomic E-state index is 12.6. The van der Waals surface area contributed by atoms with E-state index in [1.54, 1.807) is 27.8 Å². The summed E-state index contributed by atoms with van der Waals surface area (Å²) in [6.45, 7) is 5.36. The van der Waals surface area contributed by atoms with Crippen molar-refractivity contribution < 1.29 is 14.3 Å². The van der Waals surface area contributed by atoms with E-state index in [4.69, 9.17) is 4.74 Å². The van der Waals surface area contributed by atoms with Gasteiger partial charge in [0.2, 0.25) is 11.9 Å². The normalized spacial score (nSPS) is 15.2. The van der Waals surface area contributed by atoms with Gasteiger partial charge in [-0.05, 0) is 30.5 Å². The van der Waals surface area contributed by atoms with Gasteiger partial charge < -0.3 is 15.0 Å². The van der Waals surface area contributed by atoms with Gasteiger partial charge in [-0.1, -0.05) is 12.6 Å². The van der Waals surface area contributed by atoms with Crippen LogP contribution in [0.25, 0.3) is 11.0 Å². The van der Waals surface area contributed by atoms with Gasteiger partial charge in [0.05, 0.1) is 6.42 Å². The Balaban J connectivity index is 1.35. The Kier molecular flexibility index (Phi) is 4.93. The Labute approximate surface area is 183 Å². The summed E-state index contributed by atoms with van der Waals surface area (Å²) < 4.78 is 6.84. The smallest absolute Gasteiger partial charge is 0.315 e. The Morgan fingerprint density at radius 1 is 1.25 bits per heavy atom. The van der Waals surface area contributed by atoms with Gasteiger partial charge in [-0.25, -0.2) is 4.98 Å². The quantitative estimate of drug-likeness (QED) is 0.362. The molecule has 162 valence electrons. The van der Waals surface area contributed by atoms with Crippen LogP contribution < -0.4 is 15.6 Å². The van der Waals surface area contributed by atoms with Crippen LogP contribution in [-0.4, -0.2) is 44.4 Å². The van der Waals surface area contributed by atoms with Crippen molar-refractivity contribution in [3.63, 3.8) is 0 Å². The number of aromatic nitrogens is 3. The number of benzene rings is 1. The molecule has 0 aliphatic carbocycles. The molecule has 1 saturated heterocycles. The van der Waals surface area contributed by atoms with E-state index in [1.165, 1.54) is 12.1 Å². The maximum atomic E-state index is 12.6. The molecule has 0 radical (unpaired) electrons. The maximum Gasteiger partial charge on any atom is 0.315 e. The van der Waals surface area contributed by atoms with Crippen LogP contribution in [0.3, 0.4) is 0 Å². The molecule has 9 nitrogen and oxygen atoms in total. The zero-order valence-electron chi connectivity index (χ0n) is 17.3. The fourth-order valence-electron chi connectivity index (χ4n) is 4.04. The number of anilines is 2. The molecule has 2 aromatic heterocycles. The first-order valence-corrected chi connectivity index (χ1v) is 10.4. The third kappa shape index (κ3) is 3.73. The molecule has 0 spiro atoms. The summed E-state index contributed by atoms with van der Waals surface area (Å²) >= 11 is 0. The average Bonchev–Trinajstić information content (AvgIpc) is 3.13. The molecule has 0 unspecified atom stereocenters. The number of fused-ring (bicyclic) bond motifs is 2. The van der Waals surface area contributed by atoms with Gasteiger partial charge in [-0.3, -0.25) is 19.0 Å². The number of aryl methyl sites for hydroxylation is 1. The largest absolute Gasteiger partial charge is 0.426 e. The fourth-order valence-corrected chi connectivity index (χ4v) is 4.04. The summed E-state index contributed by atoms with van der Waals surface area (Å²) in [7, 11) is 0. The van der Waals surface area contributed by atoms with Crippen LogP contribution >= 0.6 is 0 Å². The van der Waals surface area contributed by atoms with E-state index >= 15 is 0 Å². The first-order valence-electron chi connectivity index (χ1n) is 10.4. The van der Waals surface area contributed by atoms with E-state index in [2.05, 4.69) is 21.9 Å². The third-order valence-corrected chi connectivity index (χ3v) is 5.81. The molecule has 1 aromatic carbocycles. The van der Waals surface area contributed by atoms with E-state index in [1.807, 2.05) is 12.1 Å². The predicted molar refractivity (Wildman–Crippen MR) is 118 cm³/mol. The Hall–Kier alpha value is -4.01. The Morgan fingerprint density at radius 2 is 2.09 bits per heavy atom. The van der Waals surface area contributed by atoms with E-state index in [0.29, 0.717) is 48.6 Å². The molecule has 1 amide bonds. The average molecular weight is 431 g/mol. The lowest BCUT2D eigenvalue weighted by Gasteiger charge is -2.38. The third-order valence-electron chi connectivity index (χ3n) is 5.81. The molecule has 3 aromatic rings. The molecule has 0 atom stereocenters. The van der Waals surface area contributed by atoms with Crippen LogP contribution in [0.15, 0.2) is 54.0 Å². The second-order valence-corrected chi connectivity index (χ2v) is 8.00. The molecule has 1 fully saturated rings. The molecule has 0 bridgehead atoms. The van der Waals surface area contributed by atoms with Crippen molar-refractivity contribution in [3.8, 4) is 5.75 Å². The monoisotopic (exact) mass is 431 g/mol. The number of nitrogens with one attached hydrogen (secondary N) is 1. The van der Waals surface area contributed by atoms with Crippen molar-refractivity contribution >= 4 is 34.5 Å². The molecule has 1 N–H and O–H groups in total. The van der Waals surface area contributed by atoms with Gasteiger partial charge in [-0.2, -0.15) is 4.98 Å². The molecule has 32 heavy (non-hydrogen) atoms. The van der Waals surface area contributed by atoms with Gasteiger partial charge in [-0.15, -0.1) is 0 Å². The van der Waals surface area contributed by atoms with Crippen LogP contribution in [0.1, 0.15) is 12.0 Å². The Bertz CT molecular complexity index is 1310. The van der Waals surface area contributed by atoms with E-state index in [9.17, 15) is 14.4 Å². The van der Waals surface area contributed by atoms with Crippen LogP contribution in [0.5, 0.6) is 5.75 Å². The lowest BCUT2D eigenvalue weighted by atomic mass is 9.96. The van der Waals surface area contributed by atoms with Crippen molar-refractivity contribution in [2.75, 3.05) is 18.4 Å². The number of amides is 1. The first-order chi connectivity index (χ1) is 15.5. The minimum Gasteiger partial charge on any atom is -0.426 e. The molecule has 2 aliphatic heterocycles. The number of carbonyl (C=O) groups excluding carboxylic acids is 2. The lowest BCUT2D eigenvalue weighted by molar-refractivity contribution is -0.132. The van der Waals surface area contributed by atoms with Gasteiger partial charge in [0, 0.05) is 54.6 Å². The zero-order valence-corrected chi connectivity index (χ0v) is 17.3. The highest BCUT2D eigenvalue weighted by Gasteiger charge is 2.29. The van der Waals surface area contributed by atoms with Gasteiger partial charge in [0.1, 0.15) is 11.4 Å². The lowest BCUT2D eigenvalue weighted by Crippen LogP contribution is -2.49. The molecule has 0 saturated carbocycles. The summed E-state index contributed by atoms with van der Waals surface area (Å²) in [4.78, 5) is 46.3. The molecule has 2 aliphatic rings. The van der Waals surface area contributed by atoms with Crippen LogP contribution in [-0.2, 0) is 22.6 Å². The zero-order chi connectivity index (χ0) is 22.2. The molecular weight excluding hydrogens is 410 g/mol. The highest BCUT2D eigenvalue weighted by atomic mass is 16.5. The van der Waals surface area contributed by atoms with Gasteiger partial charge >= 0.3 is 5.97 Å². The van der Waals surface area contributed by atoms with Crippen LogP contribution in [0, 0.1) is 5.92 Å². The van der Waals surface area contributed by atoms with E-state index in [0.717, 1.165) is 17.4 Å². The highest BCUT2D eigenvalue weighted by Crippen LogP contribution is 2.30. The van der Waals surface area contributed by atoms with Gasteiger partial charge in [0.15, 0.2) is 0 Å². The van der Waals surface area contributed by atoms with Crippen LogP contribution in [0.2, 0.25) is 0 Å². The molecule has 4 heterocycles. The van der Waals surface area contributed by atoms with Crippen molar-refractivity contribution in [2.24, 2.45) is 5.92 Å². The second-order valence-electron chi connectivity index (χ2n) is 8.00. The summed E-state index contributed by atoms with van der Waals surface area (Å²) in [6, 6.07) is 8.62. The number of rotatable bonds is 6. The standard InChI is InChI=1S/C23H21N5O4/c1-2-19(29)27-12-14(13-27)7-8-28-20(30)6-4-16-11-24-23(26-22(16)28)25-17-5-3-15-9-21(31)32-18(15)10-17/h2-6,10-11,14H,1,7-9,12-13H2,(H,24,25,26). The number of pyridine rings is 1. The van der Waals surface area contributed by atoms with E-state index < -0.39 is 0 Å². The highest BCUT2D eigenvalue weighted by molar-refractivity contribution is 5.87. The van der Waals surface area contributed by atoms with Crippen LogP contribution in [0.4, 0.5) is 11.6 Å². The minimum atomic E-state index is -0.272. The summed E-state index contributed by atoms with van der Waals surface area (Å²) in [5.74, 6) is 0.879. The molecular formula is C23H21N5O4. The first kappa shape index (κ1) is 19.9. The number of nitrogens with zero attached hydrogens (tertiary/aromatic N) is 4. The predicted octanol–water partition coefficient (Wildman–Crippen LogP) is 2.03. The molecule has 9 heteroatoms.